The summed E-state index contributed by atoms with van der Waals surface area (Å²) < 4.78 is 2.31. The number of benzene rings is 2. The van der Waals surface area contributed by atoms with E-state index in [0.29, 0.717) is 21.7 Å². The Bertz CT molecular complexity index is 1660. The van der Waals surface area contributed by atoms with Crippen LogP contribution in [-0.2, 0) is 30.7 Å². The van der Waals surface area contributed by atoms with E-state index < -0.39 is 0 Å². The van der Waals surface area contributed by atoms with Gasteiger partial charge in [0.05, 0.1) is 0 Å². The van der Waals surface area contributed by atoms with E-state index >= 15 is 0 Å². The van der Waals surface area contributed by atoms with Crippen LogP contribution in [0.4, 0.5) is 0 Å². The molecule has 4 heterocycles. The van der Waals surface area contributed by atoms with Gasteiger partial charge in [-0.15, -0.1) is 0 Å². The van der Waals surface area contributed by atoms with Gasteiger partial charge in [0.1, 0.15) is 0 Å². The third-order valence-corrected chi connectivity index (χ3v) is 12.3. The van der Waals surface area contributed by atoms with Crippen LogP contribution in [0.2, 0.25) is 0 Å². The quantitative estimate of drug-likeness (QED) is 0.358. The minimum absolute atomic E-state index is 0.454. The second-order valence-corrected chi connectivity index (χ2v) is 14.2. The van der Waals surface area contributed by atoms with E-state index in [1.165, 1.54) is 60.8 Å². The molecule has 4 aliphatic carbocycles. The molecule has 4 heteroatoms. The summed E-state index contributed by atoms with van der Waals surface area (Å²) in [4.78, 5) is 8.66. The van der Waals surface area contributed by atoms with Gasteiger partial charge in [-0.2, -0.15) is 0 Å². The summed E-state index contributed by atoms with van der Waals surface area (Å²) >= 11 is 0. The van der Waals surface area contributed by atoms with Gasteiger partial charge in [0, 0.05) is 77.3 Å². The third kappa shape index (κ3) is 2.20. The molecule has 190 valence electrons. The first kappa shape index (κ1) is 21.4. The Balaban J connectivity index is 0.000000110. The molecule has 6 atom stereocenters. The molecule has 4 aromatic rings. The van der Waals surface area contributed by atoms with Crippen LogP contribution in [-0.4, -0.2) is 58.6 Å². The fraction of sp³-hybridized carbons (Fsp3) is 0.515. The molecule has 2 aromatic carbocycles. The van der Waals surface area contributed by atoms with Crippen LogP contribution < -0.4 is 0 Å². The zero-order valence-corrected chi connectivity index (χ0v) is 22.9. The lowest BCUT2D eigenvalue weighted by Gasteiger charge is -2.34. The molecule has 0 bridgehead atoms. The number of nitrogens with zero attached hydrogens (tertiary/aromatic N) is 3. The van der Waals surface area contributed by atoms with Crippen molar-refractivity contribution >= 4 is 21.8 Å². The first-order valence-corrected chi connectivity index (χ1v) is 14.3. The van der Waals surface area contributed by atoms with Crippen molar-refractivity contribution in [2.24, 2.45) is 17.9 Å². The standard InChI is InChI=1S/C17H20N2.C16H18N2/c1-16-9-17(16)12-5-4-6-13-15(12)11(8-18(13)2)7-14(17)19(3)10-16;1-15-8-16(15)11-4-3-5-12-14(11)10(7-17-12)6-13(16)18(2)9-15/h4-6,8,14H,7,9-10H2,1-3H3;3-5,7,13,17H,6,8-9H2,1-2H3. The van der Waals surface area contributed by atoms with Gasteiger partial charge in [-0.25, -0.2) is 0 Å². The lowest BCUT2D eigenvalue weighted by atomic mass is 9.75. The second kappa shape index (κ2) is 6.18. The molecule has 2 saturated heterocycles. The third-order valence-electron chi connectivity index (χ3n) is 12.3. The number of H-pyrrole nitrogens is 1. The van der Waals surface area contributed by atoms with E-state index in [0.717, 1.165) is 12.1 Å². The molecular weight excluding hydrogens is 452 g/mol. The normalized spacial score (nSPS) is 40.1. The number of aromatic amines is 1. The summed E-state index contributed by atoms with van der Waals surface area (Å²) in [5, 5.41) is 3.10. The summed E-state index contributed by atoms with van der Waals surface area (Å²) in [7, 11) is 6.81. The van der Waals surface area contributed by atoms with Crippen LogP contribution in [0.1, 0.15) is 48.9 Å². The lowest BCUT2D eigenvalue weighted by molar-refractivity contribution is 0.246. The Labute approximate surface area is 219 Å². The number of likely N-dealkylation sites (tertiary alicyclic amines) is 2. The average Bonchev–Trinajstić information content (AvgIpc) is 3.33. The van der Waals surface area contributed by atoms with Crippen molar-refractivity contribution in [2.45, 2.75) is 62.4 Å². The highest BCUT2D eigenvalue weighted by molar-refractivity contribution is 5.91. The van der Waals surface area contributed by atoms with Gasteiger partial charge < -0.3 is 19.4 Å². The average molecular weight is 491 g/mol. The Morgan fingerprint density at radius 2 is 1.35 bits per heavy atom. The molecule has 0 radical (unpaired) electrons. The van der Waals surface area contributed by atoms with E-state index in [4.69, 9.17) is 0 Å². The first-order chi connectivity index (χ1) is 17.7. The van der Waals surface area contributed by atoms with Crippen molar-refractivity contribution < 1.29 is 0 Å². The number of piperidine rings is 2. The SMILES string of the molecule is CN1CC2(C)CC23c2cccc4[nH]cc(c24)CC13.CN1CC2(C)CC23c2cccc4c2c(cn4C)CC13. The Morgan fingerprint density at radius 1 is 0.757 bits per heavy atom. The fourth-order valence-corrected chi connectivity index (χ4v) is 10.8. The maximum atomic E-state index is 3.45. The molecule has 2 aromatic heterocycles. The lowest BCUT2D eigenvalue weighted by Crippen LogP contribution is -2.40. The van der Waals surface area contributed by atoms with E-state index in [-0.39, 0.29) is 0 Å². The molecule has 2 spiro atoms. The number of rotatable bonds is 0. The maximum Gasteiger partial charge on any atom is 0.0483 e. The molecular formula is C33H38N4. The summed E-state index contributed by atoms with van der Waals surface area (Å²) in [6, 6.07) is 15.2. The molecule has 0 amide bonds. The van der Waals surface area contributed by atoms with Gasteiger partial charge in [-0.1, -0.05) is 38.1 Å². The topological polar surface area (TPSA) is 27.2 Å². The van der Waals surface area contributed by atoms with Gasteiger partial charge in [0.15, 0.2) is 0 Å². The van der Waals surface area contributed by atoms with Crippen LogP contribution in [0.25, 0.3) is 21.8 Å². The van der Waals surface area contributed by atoms with Gasteiger partial charge in [0.2, 0.25) is 0 Å². The molecule has 1 N–H and O–H groups in total. The summed E-state index contributed by atoms with van der Waals surface area (Å²) in [6.07, 6.45) is 9.82. The molecule has 6 unspecified atom stereocenters. The van der Waals surface area contributed by atoms with Crippen molar-refractivity contribution in [2.75, 3.05) is 27.2 Å². The van der Waals surface area contributed by atoms with Gasteiger partial charge in [0.25, 0.3) is 0 Å². The highest BCUT2D eigenvalue weighted by atomic mass is 15.2. The summed E-state index contributed by atoms with van der Waals surface area (Å²) in [5.74, 6) is 0. The minimum Gasteiger partial charge on any atom is -0.361 e. The van der Waals surface area contributed by atoms with Crippen LogP contribution in [0.15, 0.2) is 48.8 Å². The Kier molecular flexibility index (Phi) is 3.57. The molecule has 2 aliphatic heterocycles. The molecule has 6 aliphatic rings. The van der Waals surface area contributed by atoms with Crippen LogP contribution in [0.5, 0.6) is 0 Å². The Hall–Kier alpha value is -2.56. The largest absolute Gasteiger partial charge is 0.361 e. The number of nitrogens with one attached hydrogen (secondary N) is 1. The van der Waals surface area contributed by atoms with E-state index in [1.807, 2.05) is 0 Å². The highest BCUT2D eigenvalue weighted by Gasteiger charge is 2.75. The van der Waals surface area contributed by atoms with Crippen molar-refractivity contribution in [3.63, 3.8) is 0 Å². The minimum atomic E-state index is 0.454. The number of hydrogen-bond acceptors (Lipinski definition) is 2. The van der Waals surface area contributed by atoms with Gasteiger partial charge in [-0.05, 0) is 85.0 Å². The zero-order chi connectivity index (χ0) is 25.1. The van der Waals surface area contributed by atoms with Crippen molar-refractivity contribution in [3.8, 4) is 0 Å². The predicted molar refractivity (Wildman–Crippen MR) is 150 cm³/mol. The second-order valence-electron chi connectivity index (χ2n) is 14.2. The summed E-state index contributed by atoms with van der Waals surface area (Å²) in [6.45, 7) is 7.52. The number of likely N-dealkylation sites (N-methyl/N-ethyl adjacent to an activating group) is 2. The van der Waals surface area contributed by atoms with Crippen LogP contribution in [0, 0.1) is 10.8 Å². The number of hydrogen-bond donors (Lipinski definition) is 1. The molecule has 4 nitrogen and oxygen atoms in total. The predicted octanol–water partition coefficient (Wildman–Crippen LogP) is 5.38. The molecule has 10 rings (SSSR count). The van der Waals surface area contributed by atoms with Crippen molar-refractivity contribution in [1.82, 2.24) is 19.4 Å². The van der Waals surface area contributed by atoms with Gasteiger partial charge in [-0.3, -0.25) is 0 Å². The smallest absolute Gasteiger partial charge is 0.0483 e. The summed E-state index contributed by atoms with van der Waals surface area (Å²) in [5.41, 5.74) is 11.1. The maximum absolute atomic E-state index is 3.45. The monoisotopic (exact) mass is 490 g/mol. The van der Waals surface area contributed by atoms with Crippen LogP contribution >= 0.6 is 0 Å². The van der Waals surface area contributed by atoms with E-state index in [1.54, 1.807) is 22.1 Å². The van der Waals surface area contributed by atoms with Gasteiger partial charge >= 0.3 is 0 Å². The molecule has 37 heavy (non-hydrogen) atoms. The highest BCUT2D eigenvalue weighted by Crippen LogP contribution is 2.74. The Morgan fingerprint density at radius 3 is 2.03 bits per heavy atom. The fourth-order valence-electron chi connectivity index (χ4n) is 10.8. The zero-order valence-electron chi connectivity index (χ0n) is 22.9. The first-order valence-electron chi connectivity index (χ1n) is 14.3. The molecule has 4 fully saturated rings. The number of aryl methyl sites for hydroxylation is 1. The van der Waals surface area contributed by atoms with E-state index in [9.17, 15) is 0 Å². The molecule has 2 saturated carbocycles. The van der Waals surface area contributed by atoms with E-state index in [2.05, 4.69) is 103 Å². The van der Waals surface area contributed by atoms with Crippen molar-refractivity contribution in [1.29, 1.82) is 0 Å². The van der Waals surface area contributed by atoms with Crippen LogP contribution in [0.3, 0.4) is 0 Å². The van der Waals surface area contributed by atoms with Crippen molar-refractivity contribution in [3.05, 3.63) is 71.0 Å². The number of aromatic nitrogens is 2.